The summed E-state index contributed by atoms with van der Waals surface area (Å²) in [5, 5.41) is 0. The van der Waals surface area contributed by atoms with Gasteiger partial charge in [-0.2, -0.15) is 4.98 Å². The molecule has 0 aromatic carbocycles. The van der Waals surface area contributed by atoms with E-state index in [1.165, 1.54) is 18.4 Å². The number of ether oxygens (including phenoxy) is 1. The lowest BCUT2D eigenvalue weighted by Crippen LogP contribution is -2.46. The summed E-state index contributed by atoms with van der Waals surface area (Å²) >= 11 is 0. The molecule has 23 heavy (non-hydrogen) atoms. The number of rotatable bonds is 5. The Hall–Kier alpha value is -2.24. The lowest BCUT2D eigenvalue weighted by atomic mass is 9.99. The third-order valence-corrected chi connectivity index (χ3v) is 4.40. The second-order valence-corrected chi connectivity index (χ2v) is 6.30. The molecule has 2 aliphatic rings. The normalized spacial score (nSPS) is 17.9. The molecule has 2 fully saturated rings. The fourth-order valence-electron chi connectivity index (χ4n) is 2.92. The summed E-state index contributed by atoms with van der Waals surface area (Å²) < 4.78 is 5.50. The average molecular weight is 311 g/mol. The standard InChI is InChI=1S/C17H21N5O/c1-3-23-16-6-15(20-11(2)21-16)22-9-14(10-22)17-18-7-13(8-19-17)12-4-5-12/h6-8,12,14H,3-5,9-10H2,1-2H3. The quantitative estimate of drug-likeness (QED) is 0.845. The third-order valence-electron chi connectivity index (χ3n) is 4.40. The van der Waals surface area contributed by atoms with Crippen molar-refractivity contribution in [3.8, 4) is 5.88 Å². The summed E-state index contributed by atoms with van der Waals surface area (Å²) in [5.41, 5.74) is 1.29. The molecule has 2 aromatic heterocycles. The Morgan fingerprint density at radius 1 is 1.13 bits per heavy atom. The van der Waals surface area contributed by atoms with Gasteiger partial charge in [0.25, 0.3) is 0 Å². The topological polar surface area (TPSA) is 64.0 Å². The first-order valence-electron chi connectivity index (χ1n) is 8.28. The van der Waals surface area contributed by atoms with E-state index >= 15 is 0 Å². The van der Waals surface area contributed by atoms with E-state index in [0.717, 1.165) is 30.6 Å². The predicted molar refractivity (Wildman–Crippen MR) is 86.9 cm³/mol. The monoisotopic (exact) mass is 311 g/mol. The van der Waals surface area contributed by atoms with E-state index in [1.54, 1.807) is 0 Å². The van der Waals surface area contributed by atoms with E-state index in [1.807, 2.05) is 32.3 Å². The van der Waals surface area contributed by atoms with Gasteiger partial charge in [0, 0.05) is 31.5 Å². The van der Waals surface area contributed by atoms with Crippen LogP contribution in [0.3, 0.4) is 0 Å². The molecule has 0 radical (unpaired) electrons. The van der Waals surface area contributed by atoms with Crippen molar-refractivity contribution in [2.45, 2.75) is 38.5 Å². The van der Waals surface area contributed by atoms with Crippen LogP contribution in [0.4, 0.5) is 5.82 Å². The van der Waals surface area contributed by atoms with Gasteiger partial charge in [-0.3, -0.25) is 0 Å². The fraction of sp³-hybridized carbons (Fsp3) is 0.529. The van der Waals surface area contributed by atoms with E-state index < -0.39 is 0 Å². The Morgan fingerprint density at radius 2 is 1.87 bits per heavy atom. The van der Waals surface area contributed by atoms with Crippen molar-refractivity contribution in [2.75, 3.05) is 24.6 Å². The minimum absolute atomic E-state index is 0.383. The fourth-order valence-corrected chi connectivity index (χ4v) is 2.92. The van der Waals surface area contributed by atoms with Crippen molar-refractivity contribution in [3.05, 3.63) is 35.7 Å². The molecule has 0 bridgehead atoms. The lowest BCUT2D eigenvalue weighted by molar-refractivity contribution is 0.325. The van der Waals surface area contributed by atoms with Crippen molar-refractivity contribution < 1.29 is 4.74 Å². The molecular formula is C17H21N5O. The van der Waals surface area contributed by atoms with Crippen LogP contribution in [-0.2, 0) is 0 Å². The number of nitrogens with zero attached hydrogens (tertiary/aromatic N) is 5. The summed E-state index contributed by atoms with van der Waals surface area (Å²) in [7, 11) is 0. The number of anilines is 1. The SMILES string of the molecule is CCOc1cc(N2CC(c3ncc(C4CC4)cn3)C2)nc(C)n1. The first-order valence-corrected chi connectivity index (χ1v) is 8.28. The van der Waals surface area contributed by atoms with Crippen LogP contribution in [0.1, 0.15) is 48.8 Å². The van der Waals surface area contributed by atoms with Gasteiger partial charge in [-0.05, 0) is 38.2 Å². The lowest BCUT2D eigenvalue weighted by Gasteiger charge is -2.39. The number of hydrogen-bond acceptors (Lipinski definition) is 6. The minimum Gasteiger partial charge on any atom is -0.478 e. The van der Waals surface area contributed by atoms with Crippen LogP contribution in [-0.4, -0.2) is 39.6 Å². The highest BCUT2D eigenvalue weighted by Gasteiger charge is 2.32. The van der Waals surface area contributed by atoms with E-state index in [9.17, 15) is 0 Å². The van der Waals surface area contributed by atoms with Crippen LogP contribution in [0.2, 0.25) is 0 Å². The summed E-state index contributed by atoms with van der Waals surface area (Å²) in [4.78, 5) is 20.1. The van der Waals surface area contributed by atoms with Crippen LogP contribution < -0.4 is 9.64 Å². The van der Waals surface area contributed by atoms with Crippen LogP contribution in [0.5, 0.6) is 5.88 Å². The highest BCUT2D eigenvalue weighted by atomic mass is 16.5. The zero-order chi connectivity index (χ0) is 15.8. The van der Waals surface area contributed by atoms with Crippen molar-refractivity contribution in [1.82, 2.24) is 19.9 Å². The largest absolute Gasteiger partial charge is 0.478 e. The number of hydrogen-bond donors (Lipinski definition) is 0. The Kier molecular flexibility index (Phi) is 3.59. The highest BCUT2D eigenvalue weighted by molar-refractivity contribution is 5.46. The molecule has 2 aromatic rings. The molecule has 0 amide bonds. The summed E-state index contributed by atoms with van der Waals surface area (Å²) in [6.45, 7) is 6.25. The smallest absolute Gasteiger partial charge is 0.218 e. The molecule has 3 heterocycles. The molecule has 1 aliphatic heterocycles. The van der Waals surface area contributed by atoms with Crippen LogP contribution >= 0.6 is 0 Å². The zero-order valence-corrected chi connectivity index (χ0v) is 13.6. The predicted octanol–water partition coefficient (Wildman–Crippen LogP) is 2.45. The Bertz CT molecular complexity index is 693. The first-order chi connectivity index (χ1) is 11.2. The first kappa shape index (κ1) is 14.4. The maximum Gasteiger partial charge on any atom is 0.218 e. The molecule has 120 valence electrons. The van der Waals surface area contributed by atoms with Gasteiger partial charge in [-0.1, -0.05) is 0 Å². The molecule has 4 rings (SSSR count). The molecule has 0 N–H and O–H groups in total. The van der Waals surface area contributed by atoms with Gasteiger partial charge in [0.15, 0.2) is 0 Å². The van der Waals surface area contributed by atoms with Crippen LogP contribution in [0.25, 0.3) is 0 Å². The van der Waals surface area contributed by atoms with Crippen molar-refractivity contribution in [2.24, 2.45) is 0 Å². The van der Waals surface area contributed by atoms with E-state index in [2.05, 4.69) is 24.8 Å². The highest BCUT2D eigenvalue weighted by Crippen LogP contribution is 2.39. The second kappa shape index (κ2) is 5.76. The van der Waals surface area contributed by atoms with Crippen molar-refractivity contribution in [3.63, 3.8) is 0 Å². The van der Waals surface area contributed by atoms with Gasteiger partial charge in [0.2, 0.25) is 5.88 Å². The summed E-state index contributed by atoms with van der Waals surface area (Å²) in [6.07, 6.45) is 6.58. The summed E-state index contributed by atoms with van der Waals surface area (Å²) in [6, 6.07) is 1.91. The Labute approximate surface area is 136 Å². The molecule has 1 saturated heterocycles. The van der Waals surface area contributed by atoms with Crippen LogP contribution in [0.15, 0.2) is 18.5 Å². The van der Waals surface area contributed by atoms with Crippen LogP contribution in [0, 0.1) is 6.92 Å². The third kappa shape index (κ3) is 2.98. The van der Waals surface area contributed by atoms with Crippen molar-refractivity contribution in [1.29, 1.82) is 0 Å². The van der Waals surface area contributed by atoms with Gasteiger partial charge in [-0.15, -0.1) is 0 Å². The van der Waals surface area contributed by atoms with Crippen molar-refractivity contribution >= 4 is 5.82 Å². The van der Waals surface area contributed by atoms with Gasteiger partial charge < -0.3 is 9.64 Å². The zero-order valence-electron chi connectivity index (χ0n) is 13.6. The van der Waals surface area contributed by atoms with Gasteiger partial charge in [-0.25, -0.2) is 15.0 Å². The molecule has 0 spiro atoms. The molecule has 1 saturated carbocycles. The van der Waals surface area contributed by atoms with Gasteiger partial charge in [0.05, 0.1) is 12.5 Å². The van der Waals surface area contributed by atoms with E-state index in [-0.39, 0.29) is 0 Å². The van der Waals surface area contributed by atoms with E-state index in [0.29, 0.717) is 24.3 Å². The molecule has 0 unspecified atom stereocenters. The summed E-state index contributed by atoms with van der Waals surface area (Å²) in [5.74, 6) is 4.34. The Balaban J connectivity index is 1.42. The maximum atomic E-state index is 5.50. The average Bonchev–Trinajstić information content (AvgIpc) is 3.31. The molecule has 0 atom stereocenters. The van der Waals surface area contributed by atoms with Gasteiger partial charge in [0.1, 0.15) is 17.5 Å². The molecule has 1 aliphatic carbocycles. The minimum atomic E-state index is 0.383. The Morgan fingerprint density at radius 3 is 2.52 bits per heavy atom. The number of aromatic nitrogens is 4. The van der Waals surface area contributed by atoms with E-state index in [4.69, 9.17) is 4.74 Å². The second-order valence-electron chi connectivity index (χ2n) is 6.30. The molecular weight excluding hydrogens is 290 g/mol. The number of aryl methyl sites for hydroxylation is 1. The maximum absolute atomic E-state index is 5.50. The molecule has 6 heteroatoms. The van der Waals surface area contributed by atoms with Gasteiger partial charge >= 0.3 is 0 Å². The molecule has 6 nitrogen and oxygen atoms in total.